The van der Waals surface area contributed by atoms with E-state index in [1.165, 1.54) is 24.3 Å². The second-order valence-electron chi connectivity index (χ2n) is 8.38. The smallest absolute Gasteiger partial charge is 0.264 e. The van der Waals surface area contributed by atoms with E-state index in [1.807, 2.05) is 0 Å². The highest BCUT2D eigenvalue weighted by molar-refractivity contribution is 7.92. The van der Waals surface area contributed by atoms with Crippen molar-refractivity contribution in [3.63, 3.8) is 0 Å². The second-order valence-corrected chi connectivity index (χ2v) is 12.7. The summed E-state index contributed by atoms with van der Waals surface area (Å²) in [5.41, 5.74) is -0.308. The zero-order valence-corrected chi connectivity index (χ0v) is 20.6. The van der Waals surface area contributed by atoms with Crippen molar-refractivity contribution in [3.05, 3.63) is 58.6 Å². The molecule has 1 aliphatic carbocycles. The Bertz CT molecular complexity index is 1280. The fraction of sp³-hybridized carbons (Fsp3) is 0.455. The van der Waals surface area contributed by atoms with Crippen molar-refractivity contribution in [1.82, 2.24) is 0 Å². The molecule has 0 amide bonds. The second kappa shape index (κ2) is 9.34. The first kappa shape index (κ1) is 25.3. The van der Waals surface area contributed by atoms with Crippen LogP contribution in [0, 0.1) is 17.6 Å². The first-order valence-corrected chi connectivity index (χ1v) is 14.2. The fourth-order valence-corrected chi connectivity index (χ4v) is 7.71. The van der Waals surface area contributed by atoms with Crippen molar-refractivity contribution in [2.24, 2.45) is 5.92 Å². The lowest BCUT2D eigenvalue weighted by atomic mass is 9.72. The minimum Gasteiger partial charge on any atom is -0.490 e. The number of fused-ring (bicyclic) bond motifs is 3. The van der Waals surface area contributed by atoms with E-state index < -0.39 is 54.1 Å². The van der Waals surface area contributed by atoms with Crippen molar-refractivity contribution in [2.75, 3.05) is 26.1 Å². The Morgan fingerprint density at radius 1 is 1.06 bits per heavy atom. The van der Waals surface area contributed by atoms with Gasteiger partial charge in [0.2, 0.25) is 0 Å². The van der Waals surface area contributed by atoms with E-state index in [0.29, 0.717) is 5.02 Å². The number of sulfone groups is 1. The Labute approximate surface area is 202 Å². The molecule has 0 spiro atoms. The van der Waals surface area contributed by atoms with Crippen LogP contribution in [0.3, 0.4) is 0 Å². The highest BCUT2D eigenvalue weighted by Gasteiger charge is 2.59. The minimum atomic E-state index is -4.23. The van der Waals surface area contributed by atoms with Crippen LogP contribution < -0.4 is 4.74 Å². The molecule has 34 heavy (non-hydrogen) atoms. The first-order chi connectivity index (χ1) is 16.0. The maximum Gasteiger partial charge on any atom is 0.264 e. The van der Waals surface area contributed by atoms with Crippen molar-refractivity contribution in [2.45, 2.75) is 35.0 Å². The van der Waals surface area contributed by atoms with Crippen molar-refractivity contribution in [3.8, 4) is 5.75 Å². The molecule has 12 heteroatoms. The molecule has 186 valence electrons. The molecule has 2 aliphatic rings. The van der Waals surface area contributed by atoms with Gasteiger partial charge in [-0.3, -0.25) is 4.18 Å². The number of hydrogen-bond donors (Lipinski definition) is 0. The highest BCUT2D eigenvalue weighted by atomic mass is 35.5. The minimum absolute atomic E-state index is 0.0260. The van der Waals surface area contributed by atoms with E-state index in [9.17, 15) is 21.2 Å². The maximum atomic E-state index is 15.2. The molecule has 0 unspecified atom stereocenters. The van der Waals surface area contributed by atoms with Gasteiger partial charge in [0, 0.05) is 10.9 Å². The molecular formula is C22H23ClF2O7S2. The molecule has 2 aromatic carbocycles. The molecule has 1 aliphatic heterocycles. The Balaban J connectivity index is 1.72. The number of ether oxygens (including phenoxy) is 2. The summed E-state index contributed by atoms with van der Waals surface area (Å²) >= 11 is 5.93. The number of benzene rings is 2. The first-order valence-electron chi connectivity index (χ1n) is 10.5. The van der Waals surface area contributed by atoms with Crippen LogP contribution in [-0.4, -0.2) is 49.0 Å². The van der Waals surface area contributed by atoms with Gasteiger partial charge < -0.3 is 9.47 Å². The molecule has 7 nitrogen and oxygen atoms in total. The predicted octanol–water partition coefficient (Wildman–Crippen LogP) is 3.84. The third kappa shape index (κ3) is 4.56. The summed E-state index contributed by atoms with van der Waals surface area (Å²) in [5, 5.41) is 0.339. The van der Waals surface area contributed by atoms with Gasteiger partial charge >= 0.3 is 0 Å². The SMILES string of the molecule is CS(=O)(=O)OCCO[C@@H]1CC[C@@]2(S(=O)(=O)c3ccc(Cl)cc3)c3c(F)ccc(F)c3OC[C@H]2C1. The Morgan fingerprint density at radius 3 is 2.41 bits per heavy atom. The average Bonchev–Trinajstić information content (AvgIpc) is 2.78. The summed E-state index contributed by atoms with van der Waals surface area (Å²) in [6.07, 6.45) is 0.840. The van der Waals surface area contributed by atoms with E-state index >= 15 is 4.39 Å². The van der Waals surface area contributed by atoms with Gasteiger partial charge in [0.1, 0.15) is 10.6 Å². The van der Waals surface area contributed by atoms with Crippen LogP contribution >= 0.6 is 11.6 Å². The van der Waals surface area contributed by atoms with Gasteiger partial charge in [-0.25, -0.2) is 17.2 Å². The normalized spacial score (nSPS) is 24.7. The summed E-state index contributed by atoms with van der Waals surface area (Å²) in [4.78, 5) is -0.0562. The number of rotatable bonds is 7. The number of halogens is 3. The van der Waals surface area contributed by atoms with Gasteiger partial charge in [0.25, 0.3) is 10.1 Å². The zero-order valence-electron chi connectivity index (χ0n) is 18.2. The maximum absolute atomic E-state index is 15.2. The van der Waals surface area contributed by atoms with Crippen LogP contribution in [-0.2, 0) is 33.6 Å². The molecule has 0 saturated heterocycles. The summed E-state index contributed by atoms with van der Waals surface area (Å²) in [7, 11) is -7.84. The molecule has 0 aromatic heterocycles. The predicted molar refractivity (Wildman–Crippen MR) is 120 cm³/mol. The molecule has 2 aromatic rings. The molecule has 1 heterocycles. The van der Waals surface area contributed by atoms with Crippen molar-refractivity contribution in [1.29, 1.82) is 0 Å². The van der Waals surface area contributed by atoms with E-state index in [-0.39, 0.29) is 49.5 Å². The zero-order chi connectivity index (χ0) is 24.7. The Morgan fingerprint density at radius 2 is 1.74 bits per heavy atom. The quantitative estimate of drug-likeness (QED) is 0.392. The third-order valence-electron chi connectivity index (χ3n) is 6.29. The monoisotopic (exact) mass is 536 g/mol. The Hall–Kier alpha value is -1.79. The summed E-state index contributed by atoms with van der Waals surface area (Å²) < 4.78 is 94.3. The molecular weight excluding hydrogens is 514 g/mol. The van der Waals surface area contributed by atoms with Crippen LogP contribution in [0.4, 0.5) is 8.78 Å². The third-order valence-corrected chi connectivity index (χ3v) is 9.73. The van der Waals surface area contributed by atoms with E-state index in [4.69, 9.17) is 21.1 Å². The van der Waals surface area contributed by atoms with E-state index in [0.717, 1.165) is 18.4 Å². The van der Waals surface area contributed by atoms with Gasteiger partial charge in [0.05, 0.1) is 42.6 Å². The lowest BCUT2D eigenvalue weighted by Crippen LogP contribution is -2.53. The lowest BCUT2D eigenvalue weighted by Gasteiger charge is -2.48. The average molecular weight is 537 g/mol. The summed E-state index contributed by atoms with van der Waals surface area (Å²) in [5.74, 6) is -2.84. The summed E-state index contributed by atoms with van der Waals surface area (Å²) in [6.45, 7) is -0.366. The molecule has 1 saturated carbocycles. The largest absolute Gasteiger partial charge is 0.490 e. The topological polar surface area (TPSA) is 96.0 Å². The van der Waals surface area contributed by atoms with E-state index in [2.05, 4.69) is 4.18 Å². The van der Waals surface area contributed by atoms with Gasteiger partial charge in [-0.2, -0.15) is 8.42 Å². The van der Waals surface area contributed by atoms with Crippen LogP contribution in [0.15, 0.2) is 41.3 Å². The van der Waals surface area contributed by atoms with Crippen molar-refractivity contribution < 1.29 is 39.3 Å². The van der Waals surface area contributed by atoms with Gasteiger partial charge in [-0.1, -0.05) is 11.6 Å². The standard InChI is InChI=1S/C22H23ClF2O7S2/c1-33(26,27)32-11-10-30-16-8-9-22(34(28,29)17-4-2-15(23)3-5-17)14(12-16)13-31-21-19(25)7-6-18(24)20(21)22/h2-7,14,16H,8-13H2,1H3/t14-,16-,22+/m1/s1. The molecule has 4 rings (SSSR count). The lowest BCUT2D eigenvalue weighted by molar-refractivity contribution is -0.0236. The van der Waals surface area contributed by atoms with Crippen LogP contribution in [0.1, 0.15) is 24.8 Å². The van der Waals surface area contributed by atoms with Gasteiger partial charge in [-0.15, -0.1) is 0 Å². The molecule has 3 atom stereocenters. The number of hydrogen-bond acceptors (Lipinski definition) is 7. The van der Waals surface area contributed by atoms with Gasteiger partial charge in [0.15, 0.2) is 21.4 Å². The van der Waals surface area contributed by atoms with Crippen LogP contribution in [0.25, 0.3) is 0 Å². The molecule has 0 radical (unpaired) electrons. The Kier molecular flexibility index (Phi) is 6.96. The van der Waals surface area contributed by atoms with Crippen molar-refractivity contribution >= 4 is 31.6 Å². The molecule has 0 N–H and O–H groups in total. The molecule has 1 fully saturated rings. The van der Waals surface area contributed by atoms with Gasteiger partial charge in [-0.05, 0) is 55.7 Å². The van der Waals surface area contributed by atoms with Crippen LogP contribution in [0.2, 0.25) is 5.02 Å². The van der Waals surface area contributed by atoms with Crippen LogP contribution in [0.5, 0.6) is 5.75 Å². The highest BCUT2D eigenvalue weighted by Crippen LogP contribution is 2.56. The molecule has 0 bridgehead atoms. The van der Waals surface area contributed by atoms with E-state index in [1.54, 1.807) is 0 Å². The summed E-state index contributed by atoms with van der Waals surface area (Å²) in [6, 6.07) is 7.37. The fourth-order valence-electron chi connectivity index (χ4n) is 4.85.